The molecule has 0 spiro atoms. The SMILES string of the molecule is CC(C)(C)OC(=O)CO/N=C(\C(=O)NC1C(=O)N2C(C(=O)OC(c3ccccc3)c3ccccc3)=C(c3cnc(-c4cccnc4)s3)CS(=O)C12)c1csc(NC(c2ccccc2)(c2ccccc2)c2ccccc2)n1. The van der Waals surface area contributed by atoms with E-state index in [-0.39, 0.29) is 22.9 Å². The smallest absolute Gasteiger partial charge is 0.356 e. The van der Waals surface area contributed by atoms with E-state index < -0.39 is 69.8 Å². The fourth-order valence-corrected chi connectivity index (χ4v) is 12.5. The number of hydrogen-bond acceptors (Lipinski definition) is 15. The van der Waals surface area contributed by atoms with Gasteiger partial charge in [-0.25, -0.2) is 19.6 Å². The molecule has 2 aliphatic rings. The molecule has 2 aliphatic heterocycles. The third-order valence-corrected chi connectivity index (χ3v) is 15.8. The highest BCUT2D eigenvalue weighted by Gasteiger charge is 2.58. The van der Waals surface area contributed by atoms with Crippen LogP contribution in [0.3, 0.4) is 0 Å². The van der Waals surface area contributed by atoms with Crippen molar-refractivity contribution >= 4 is 73.6 Å². The fraction of sp³-hybridized carbons (Fsp3) is 0.172. The minimum atomic E-state index is -1.89. The van der Waals surface area contributed by atoms with Crippen LogP contribution in [-0.4, -0.2) is 82.9 Å². The predicted molar refractivity (Wildman–Crippen MR) is 292 cm³/mol. The van der Waals surface area contributed by atoms with Gasteiger partial charge in [-0.05, 0) is 60.7 Å². The summed E-state index contributed by atoms with van der Waals surface area (Å²) in [6.07, 6.45) is 3.99. The number of β-lactam (4-membered cyclic amide) rings is 1. The van der Waals surface area contributed by atoms with Crippen LogP contribution in [-0.2, 0) is 49.8 Å². The minimum Gasteiger partial charge on any atom is -0.457 e. The van der Waals surface area contributed by atoms with Gasteiger partial charge in [0.1, 0.15) is 39.0 Å². The van der Waals surface area contributed by atoms with E-state index in [0.717, 1.165) is 27.2 Å². The molecule has 15 nitrogen and oxygen atoms in total. The van der Waals surface area contributed by atoms with E-state index in [9.17, 15) is 23.4 Å². The Morgan fingerprint density at radius 3 is 1.92 bits per heavy atom. The van der Waals surface area contributed by atoms with Crippen molar-refractivity contribution in [3.8, 4) is 10.6 Å². The number of amides is 2. The van der Waals surface area contributed by atoms with Gasteiger partial charge in [0.25, 0.3) is 11.8 Å². The molecule has 3 aromatic heterocycles. The molecule has 0 bridgehead atoms. The maximum Gasteiger partial charge on any atom is 0.356 e. The number of fused-ring (bicyclic) bond motifs is 1. The van der Waals surface area contributed by atoms with Crippen molar-refractivity contribution in [2.45, 2.75) is 49.4 Å². The summed E-state index contributed by atoms with van der Waals surface area (Å²) in [6.45, 7) is 4.46. The highest BCUT2D eigenvalue weighted by atomic mass is 32.2. The molecule has 1 saturated heterocycles. The van der Waals surface area contributed by atoms with Crippen LogP contribution < -0.4 is 10.6 Å². The molecule has 382 valence electrons. The van der Waals surface area contributed by atoms with Gasteiger partial charge in [0.2, 0.25) is 6.61 Å². The Kier molecular flexibility index (Phi) is 14.9. The van der Waals surface area contributed by atoms with Crippen LogP contribution in [0.1, 0.15) is 65.3 Å². The molecule has 18 heteroatoms. The quantitative estimate of drug-likeness (QED) is 0.0289. The highest BCUT2D eigenvalue weighted by Crippen LogP contribution is 2.44. The Morgan fingerprint density at radius 1 is 0.789 bits per heavy atom. The molecule has 5 aromatic carbocycles. The summed E-state index contributed by atoms with van der Waals surface area (Å²) in [6, 6.07) is 50.3. The van der Waals surface area contributed by atoms with Gasteiger partial charge in [0.15, 0.2) is 16.9 Å². The summed E-state index contributed by atoms with van der Waals surface area (Å²) in [7, 11) is -1.89. The highest BCUT2D eigenvalue weighted by molar-refractivity contribution is 7.86. The molecule has 5 heterocycles. The Hall–Kier alpha value is -8.45. The molecule has 76 heavy (non-hydrogen) atoms. The first-order valence-corrected chi connectivity index (χ1v) is 27.2. The maximum atomic E-state index is 14.9. The fourth-order valence-electron chi connectivity index (χ4n) is 9.05. The molecule has 2 N–H and O–H groups in total. The maximum absolute atomic E-state index is 14.9. The standard InChI is InChI=1S/C58H49N7O8S3/c1-57(2,3)73-46(66)34-71-64-47(44-35-74-56(61-44)63-58(40-25-13-6-14-26-40,41-27-15-7-16-28-41)42-29-17-8-18-30-42)51(67)62-48-53(68)65-49(55(69)72-50(37-20-9-4-10-21-37)38-22-11-5-12-23-38)43(36-76(70)54(48)65)45-33-60-52(75-45)39-24-19-31-59-32-39/h4-33,35,48,50,54H,34,36H2,1-3H3,(H,61,63)(H,62,67)/b64-47-. The van der Waals surface area contributed by atoms with Crippen LogP contribution in [0, 0.1) is 0 Å². The van der Waals surface area contributed by atoms with Gasteiger partial charge in [-0.3, -0.25) is 23.7 Å². The first-order chi connectivity index (χ1) is 36.9. The minimum absolute atomic E-state index is 0.0413. The second-order valence-electron chi connectivity index (χ2n) is 18.6. The summed E-state index contributed by atoms with van der Waals surface area (Å²) < 4.78 is 26.4. The van der Waals surface area contributed by atoms with E-state index in [1.807, 2.05) is 158 Å². The third-order valence-electron chi connectivity index (χ3n) is 12.4. The zero-order valence-corrected chi connectivity index (χ0v) is 43.7. The largest absolute Gasteiger partial charge is 0.457 e. The number of aromatic nitrogens is 3. The molecular formula is C58H49N7O8S3. The Bertz CT molecular complexity index is 3330. The van der Waals surface area contributed by atoms with Crippen LogP contribution >= 0.6 is 22.7 Å². The normalized spacial score (nSPS) is 16.6. The Labute approximate surface area is 448 Å². The van der Waals surface area contributed by atoms with Crippen LogP contribution in [0.2, 0.25) is 0 Å². The van der Waals surface area contributed by atoms with Crippen molar-refractivity contribution in [2.24, 2.45) is 5.16 Å². The summed E-state index contributed by atoms with van der Waals surface area (Å²) >= 11 is 2.45. The van der Waals surface area contributed by atoms with Gasteiger partial charge < -0.3 is 24.9 Å². The number of anilines is 1. The van der Waals surface area contributed by atoms with Crippen molar-refractivity contribution in [3.63, 3.8) is 0 Å². The lowest BCUT2D eigenvalue weighted by molar-refractivity contribution is -0.160. The molecule has 1 fully saturated rings. The zero-order chi connectivity index (χ0) is 52.8. The molecule has 0 radical (unpaired) electrons. The number of pyridine rings is 1. The molecule has 3 unspecified atom stereocenters. The summed E-state index contributed by atoms with van der Waals surface area (Å²) in [5, 5.41) is 12.0. The van der Waals surface area contributed by atoms with Crippen molar-refractivity contribution in [1.29, 1.82) is 0 Å². The van der Waals surface area contributed by atoms with Gasteiger partial charge >= 0.3 is 11.9 Å². The number of thiazole rings is 2. The average molecular weight is 1070 g/mol. The topological polar surface area (TPSA) is 191 Å². The van der Waals surface area contributed by atoms with Gasteiger partial charge in [-0.1, -0.05) is 157 Å². The second-order valence-corrected chi connectivity index (χ2v) is 22.0. The van der Waals surface area contributed by atoms with Crippen molar-refractivity contribution in [2.75, 3.05) is 17.7 Å². The Morgan fingerprint density at radius 2 is 1.37 bits per heavy atom. The summed E-state index contributed by atoms with van der Waals surface area (Å²) in [5.41, 5.74) is 2.83. The van der Waals surface area contributed by atoms with Crippen molar-refractivity contribution in [3.05, 3.63) is 232 Å². The molecule has 0 saturated carbocycles. The molecule has 10 rings (SSSR count). The molecule has 3 atom stereocenters. The van der Waals surface area contributed by atoms with E-state index in [1.54, 1.807) is 50.8 Å². The van der Waals surface area contributed by atoms with Crippen molar-refractivity contribution < 1.29 is 37.7 Å². The number of hydrogen-bond donors (Lipinski definition) is 2. The van der Waals surface area contributed by atoms with Crippen LogP contribution in [0.25, 0.3) is 16.1 Å². The number of rotatable bonds is 17. The van der Waals surface area contributed by atoms with Crippen LogP contribution in [0.5, 0.6) is 0 Å². The lowest BCUT2D eigenvalue weighted by atomic mass is 9.77. The molecule has 8 aromatic rings. The van der Waals surface area contributed by atoms with E-state index in [4.69, 9.17) is 19.3 Å². The number of benzene rings is 5. The molecule has 2 amide bonds. The zero-order valence-electron chi connectivity index (χ0n) is 41.3. The van der Waals surface area contributed by atoms with Gasteiger partial charge in [-0.2, -0.15) is 0 Å². The Balaban J connectivity index is 0.991. The van der Waals surface area contributed by atoms with Gasteiger partial charge in [0, 0.05) is 35.1 Å². The lowest BCUT2D eigenvalue weighted by Crippen LogP contribution is -2.74. The lowest BCUT2D eigenvalue weighted by Gasteiger charge is -2.49. The predicted octanol–water partition coefficient (Wildman–Crippen LogP) is 9.29. The first-order valence-electron chi connectivity index (χ1n) is 24.1. The van der Waals surface area contributed by atoms with Gasteiger partial charge in [0.05, 0.1) is 21.4 Å². The number of oxime groups is 1. The summed E-state index contributed by atoms with van der Waals surface area (Å²) in [5.74, 6) is -3.42. The number of carbonyl (C=O) groups excluding carboxylic acids is 4. The number of nitrogens with zero attached hydrogens (tertiary/aromatic N) is 5. The number of carbonyl (C=O) groups is 4. The van der Waals surface area contributed by atoms with E-state index in [0.29, 0.717) is 31.7 Å². The number of ether oxygens (including phenoxy) is 2. The van der Waals surface area contributed by atoms with Crippen LogP contribution in [0.15, 0.2) is 199 Å². The second kappa shape index (κ2) is 22.2. The monoisotopic (exact) mass is 1070 g/mol. The van der Waals surface area contributed by atoms with E-state index in [2.05, 4.69) is 25.8 Å². The van der Waals surface area contributed by atoms with E-state index in [1.165, 1.54) is 22.7 Å². The first kappa shape index (κ1) is 51.1. The van der Waals surface area contributed by atoms with E-state index >= 15 is 0 Å². The summed E-state index contributed by atoms with van der Waals surface area (Å²) in [4.78, 5) is 78.1. The van der Waals surface area contributed by atoms with Crippen LogP contribution in [0.4, 0.5) is 5.13 Å². The van der Waals surface area contributed by atoms with Gasteiger partial charge in [-0.15, -0.1) is 22.7 Å². The van der Waals surface area contributed by atoms with Crippen molar-refractivity contribution in [1.82, 2.24) is 25.2 Å². The number of nitrogens with one attached hydrogen (secondary N) is 2. The molecule has 0 aliphatic carbocycles. The molecular weight excluding hydrogens is 1020 g/mol. The third kappa shape index (κ3) is 10.7. The average Bonchev–Trinajstić information content (AvgIpc) is 4.22. The number of esters is 2.